The zero-order chi connectivity index (χ0) is 22.0. The Morgan fingerprint density at radius 3 is 2.94 bits per heavy atom. The number of hydrogen-bond acceptors (Lipinski definition) is 7. The number of thioether (sulfide) groups is 1. The summed E-state index contributed by atoms with van der Waals surface area (Å²) >= 11 is 8.98. The topological polar surface area (TPSA) is 70.4 Å². The van der Waals surface area contributed by atoms with Gasteiger partial charge in [0, 0.05) is 17.4 Å². The molecule has 1 saturated heterocycles. The van der Waals surface area contributed by atoms with Crippen LogP contribution in [0.1, 0.15) is 40.6 Å². The van der Waals surface area contributed by atoms with Crippen molar-refractivity contribution >= 4 is 50.9 Å². The Labute approximate surface area is 193 Å². The molecule has 1 fully saturated rings. The van der Waals surface area contributed by atoms with Gasteiger partial charge in [0.15, 0.2) is 5.16 Å². The molecule has 2 aromatic heterocycles. The van der Waals surface area contributed by atoms with Crippen molar-refractivity contribution in [3.8, 4) is 0 Å². The number of thiophene rings is 1. The molecule has 1 atom stereocenters. The van der Waals surface area contributed by atoms with Crippen molar-refractivity contribution in [1.29, 1.82) is 0 Å². The van der Waals surface area contributed by atoms with E-state index in [0.29, 0.717) is 49.7 Å². The highest BCUT2D eigenvalue weighted by molar-refractivity contribution is 7.98. The molecule has 164 valence electrons. The predicted octanol–water partition coefficient (Wildman–Crippen LogP) is 5.07. The standard InChI is InChI=1S/C22H23ClN2O4S2/c1-3-28-21(27)18-13(2)17-19(31-18)24-22(30-12-14-7-4-5-9-16(14)23)25(20(17)26)11-15-8-6-10-29-15/h4-5,7,9,15H,3,6,8,10-12H2,1-2H3. The monoisotopic (exact) mass is 478 g/mol. The van der Waals surface area contributed by atoms with Gasteiger partial charge in [0.2, 0.25) is 0 Å². The van der Waals surface area contributed by atoms with Crippen LogP contribution in [-0.4, -0.2) is 34.8 Å². The molecule has 0 bridgehead atoms. The van der Waals surface area contributed by atoms with Gasteiger partial charge in [0.05, 0.1) is 24.6 Å². The van der Waals surface area contributed by atoms with Gasteiger partial charge in [-0.15, -0.1) is 11.3 Å². The molecule has 1 aliphatic heterocycles. The van der Waals surface area contributed by atoms with Gasteiger partial charge in [-0.25, -0.2) is 9.78 Å². The molecule has 4 rings (SSSR count). The summed E-state index contributed by atoms with van der Waals surface area (Å²) in [5, 5.41) is 1.76. The molecule has 0 spiro atoms. The SMILES string of the molecule is CCOC(=O)c1sc2nc(SCc3ccccc3Cl)n(CC3CCCO3)c(=O)c2c1C. The van der Waals surface area contributed by atoms with Gasteiger partial charge < -0.3 is 9.47 Å². The van der Waals surface area contributed by atoms with E-state index in [1.54, 1.807) is 18.4 Å². The average Bonchev–Trinajstić information content (AvgIpc) is 3.38. The highest BCUT2D eigenvalue weighted by Crippen LogP contribution is 2.32. The fraction of sp³-hybridized carbons (Fsp3) is 0.409. The third-order valence-corrected chi connectivity index (χ3v) is 7.76. The van der Waals surface area contributed by atoms with E-state index in [9.17, 15) is 9.59 Å². The lowest BCUT2D eigenvalue weighted by Crippen LogP contribution is -2.28. The second-order valence-electron chi connectivity index (χ2n) is 7.28. The third-order valence-electron chi connectivity index (χ3n) is 5.20. The number of ether oxygens (including phenoxy) is 2. The lowest BCUT2D eigenvalue weighted by Gasteiger charge is -2.16. The molecule has 3 heterocycles. The number of rotatable bonds is 7. The van der Waals surface area contributed by atoms with E-state index in [0.717, 1.165) is 18.4 Å². The lowest BCUT2D eigenvalue weighted by molar-refractivity contribution is 0.0531. The Morgan fingerprint density at radius 2 is 2.23 bits per heavy atom. The fourth-order valence-electron chi connectivity index (χ4n) is 3.61. The molecule has 6 nitrogen and oxygen atoms in total. The Balaban J connectivity index is 1.77. The van der Waals surface area contributed by atoms with Gasteiger partial charge in [-0.1, -0.05) is 41.6 Å². The zero-order valence-corrected chi connectivity index (χ0v) is 19.7. The maximum absolute atomic E-state index is 13.5. The van der Waals surface area contributed by atoms with Crippen molar-refractivity contribution in [1.82, 2.24) is 9.55 Å². The van der Waals surface area contributed by atoms with Crippen molar-refractivity contribution in [2.24, 2.45) is 0 Å². The fourth-order valence-corrected chi connectivity index (χ4v) is 6.02. The number of aryl methyl sites for hydroxylation is 1. The van der Waals surface area contributed by atoms with Crippen molar-refractivity contribution in [3.63, 3.8) is 0 Å². The van der Waals surface area contributed by atoms with E-state index in [-0.39, 0.29) is 18.3 Å². The Hall–Kier alpha value is -1.87. The summed E-state index contributed by atoms with van der Waals surface area (Å²) in [6, 6.07) is 7.64. The van der Waals surface area contributed by atoms with Crippen molar-refractivity contribution in [3.05, 3.63) is 55.6 Å². The first kappa shape index (κ1) is 22.3. The maximum atomic E-state index is 13.5. The number of esters is 1. The number of carbonyl (C=O) groups is 1. The minimum Gasteiger partial charge on any atom is -0.462 e. The Kier molecular flexibility index (Phi) is 7.01. The number of carbonyl (C=O) groups excluding carboxylic acids is 1. The van der Waals surface area contributed by atoms with E-state index in [2.05, 4.69) is 0 Å². The van der Waals surface area contributed by atoms with Crippen LogP contribution < -0.4 is 5.56 Å². The molecule has 31 heavy (non-hydrogen) atoms. The third kappa shape index (κ3) is 4.67. The second kappa shape index (κ2) is 9.73. The van der Waals surface area contributed by atoms with E-state index < -0.39 is 5.97 Å². The van der Waals surface area contributed by atoms with Gasteiger partial charge in [-0.05, 0) is 43.9 Å². The van der Waals surface area contributed by atoms with Gasteiger partial charge in [0.1, 0.15) is 9.71 Å². The van der Waals surface area contributed by atoms with Crippen LogP contribution in [-0.2, 0) is 21.8 Å². The van der Waals surface area contributed by atoms with Crippen molar-refractivity contribution in [2.45, 2.75) is 50.2 Å². The van der Waals surface area contributed by atoms with E-state index in [1.807, 2.05) is 24.3 Å². The lowest BCUT2D eigenvalue weighted by atomic mass is 10.2. The molecule has 1 aromatic carbocycles. The van der Waals surface area contributed by atoms with Crippen LogP contribution in [0.2, 0.25) is 5.02 Å². The molecule has 0 aliphatic carbocycles. The maximum Gasteiger partial charge on any atom is 0.348 e. The molecule has 9 heteroatoms. The molecule has 0 N–H and O–H groups in total. The summed E-state index contributed by atoms with van der Waals surface area (Å²) in [4.78, 5) is 31.6. The van der Waals surface area contributed by atoms with Crippen LogP contribution in [0.3, 0.4) is 0 Å². The molecule has 1 unspecified atom stereocenters. The number of benzene rings is 1. The largest absolute Gasteiger partial charge is 0.462 e. The van der Waals surface area contributed by atoms with Crippen LogP contribution in [0, 0.1) is 6.92 Å². The Bertz CT molecular complexity index is 1170. The number of aromatic nitrogens is 2. The van der Waals surface area contributed by atoms with Crippen LogP contribution in [0.4, 0.5) is 0 Å². The molecular formula is C22H23ClN2O4S2. The number of halogens is 1. The minimum atomic E-state index is -0.418. The highest BCUT2D eigenvalue weighted by Gasteiger charge is 2.25. The quantitative estimate of drug-likeness (QED) is 0.268. The van der Waals surface area contributed by atoms with Gasteiger partial charge in [0.25, 0.3) is 5.56 Å². The average molecular weight is 479 g/mol. The second-order valence-corrected chi connectivity index (χ2v) is 9.63. The number of hydrogen-bond donors (Lipinski definition) is 0. The first-order valence-corrected chi connectivity index (χ1v) is 12.4. The van der Waals surface area contributed by atoms with Gasteiger partial charge in [-0.3, -0.25) is 9.36 Å². The van der Waals surface area contributed by atoms with Crippen molar-refractivity contribution < 1.29 is 14.3 Å². The smallest absolute Gasteiger partial charge is 0.348 e. The summed E-state index contributed by atoms with van der Waals surface area (Å²) in [5.74, 6) is 0.163. The van der Waals surface area contributed by atoms with Crippen LogP contribution >= 0.6 is 34.7 Å². The molecule has 3 aromatic rings. The van der Waals surface area contributed by atoms with E-state index >= 15 is 0 Å². The highest BCUT2D eigenvalue weighted by atomic mass is 35.5. The first-order valence-electron chi connectivity index (χ1n) is 10.2. The molecule has 0 amide bonds. The molecular weight excluding hydrogens is 456 g/mol. The molecule has 0 radical (unpaired) electrons. The summed E-state index contributed by atoms with van der Waals surface area (Å²) in [6.45, 7) is 4.97. The number of fused-ring (bicyclic) bond motifs is 1. The van der Waals surface area contributed by atoms with Crippen LogP contribution in [0.5, 0.6) is 0 Å². The minimum absolute atomic E-state index is 0.0138. The summed E-state index contributed by atoms with van der Waals surface area (Å²) in [5.41, 5.74) is 1.45. The summed E-state index contributed by atoms with van der Waals surface area (Å²) in [7, 11) is 0. The van der Waals surface area contributed by atoms with Crippen molar-refractivity contribution in [2.75, 3.05) is 13.2 Å². The van der Waals surface area contributed by atoms with Gasteiger partial charge >= 0.3 is 5.97 Å². The first-order chi connectivity index (χ1) is 15.0. The van der Waals surface area contributed by atoms with Crippen LogP contribution in [0.25, 0.3) is 10.2 Å². The zero-order valence-electron chi connectivity index (χ0n) is 17.4. The predicted molar refractivity (Wildman–Crippen MR) is 125 cm³/mol. The van der Waals surface area contributed by atoms with E-state index in [1.165, 1.54) is 23.1 Å². The van der Waals surface area contributed by atoms with Gasteiger partial charge in [-0.2, -0.15) is 0 Å². The molecule has 0 saturated carbocycles. The van der Waals surface area contributed by atoms with E-state index in [4.69, 9.17) is 26.1 Å². The summed E-state index contributed by atoms with van der Waals surface area (Å²) in [6.07, 6.45) is 1.89. The Morgan fingerprint density at radius 1 is 1.42 bits per heavy atom. The molecule has 1 aliphatic rings. The number of nitrogens with zero attached hydrogens (tertiary/aromatic N) is 2. The van der Waals surface area contributed by atoms with Crippen LogP contribution in [0.15, 0.2) is 34.2 Å². The normalized spacial score (nSPS) is 16.2. The summed E-state index contributed by atoms with van der Waals surface area (Å²) < 4.78 is 12.6.